The minimum Gasteiger partial charge on any atom is -0.477 e. The van der Waals surface area contributed by atoms with E-state index >= 15 is 0 Å². The van der Waals surface area contributed by atoms with Crippen molar-refractivity contribution in [3.63, 3.8) is 0 Å². The predicted octanol–water partition coefficient (Wildman–Crippen LogP) is 1.03. The Balaban J connectivity index is 0.00000196. The van der Waals surface area contributed by atoms with E-state index in [4.69, 9.17) is 23.7 Å². The first kappa shape index (κ1) is 22.0. The SMILES string of the molecule is CN[CH-]C(=O)O[C@@H]1[C@@]2(C(C)C)O[C@H]2[C@@H]2O[C@]23[C@]12O[C@H]2C[C@H]1C2=C(CC[C@@]13C)C(=O)OC2.[Y]. The second-order valence-electron chi connectivity index (χ2n) is 10.8. The maximum Gasteiger partial charge on any atom is 0.334 e. The number of cyclic esters (lactones) is 1. The van der Waals surface area contributed by atoms with Crippen LogP contribution in [0.25, 0.3) is 0 Å². The van der Waals surface area contributed by atoms with Crippen LogP contribution >= 0.6 is 0 Å². The number of carbonyl (C=O) groups excluding carboxylic acids is 2. The largest absolute Gasteiger partial charge is 0.477 e. The molecule has 7 rings (SSSR count). The fraction of sp³-hybridized carbons (Fsp3) is 0.783. The van der Waals surface area contributed by atoms with Gasteiger partial charge in [-0.1, -0.05) is 20.8 Å². The number of ether oxygens (including phenoxy) is 5. The van der Waals surface area contributed by atoms with Crippen LogP contribution < -0.4 is 5.32 Å². The van der Waals surface area contributed by atoms with Crippen LogP contribution in [0.15, 0.2) is 11.1 Å². The van der Waals surface area contributed by atoms with Crippen molar-refractivity contribution in [3.05, 3.63) is 17.7 Å². The average Bonchev–Trinajstić information content (AvgIpc) is 3.61. The molecule has 1 N–H and O–H groups in total. The Morgan fingerprint density at radius 2 is 2.03 bits per heavy atom. The molecule has 4 aliphatic heterocycles. The fourth-order valence-electron chi connectivity index (χ4n) is 8.11. The molecule has 9 atom stereocenters. The Bertz CT molecular complexity index is 968. The molecule has 0 unspecified atom stereocenters. The summed E-state index contributed by atoms with van der Waals surface area (Å²) >= 11 is 0. The molecule has 0 aromatic carbocycles. The molecule has 32 heavy (non-hydrogen) atoms. The van der Waals surface area contributed by atoms with Gasteiger partial charge >= 0.3 is 5.97 Å². The van der Waals surface area contributed by atoms with Crippen molar-refractivity contribution in [2.45, 2.75) is 81.3 Å². The standard InChI is InChI=1S/C23H28NO7.Y/c1-10(2)21-16(30-21)17-23(31-17)20(3)6-5-11-12(9-27-18(11)26)13(20)7-14-22(23,29-14)19(21)28-15(25)8-24-4;/h8,10,13-14,16-17,19,24H,5-7,9H2,1-4H3;/q-1;/t13-,14-,16-,17-,19+,20-,21-,22+,23+;/m0./s1. The van der Waals surface area contributed by atoms with E-state index in [0.29, 0.717) is 13.0 Å². The van der Waals surface area contributed by atoms with Gasteiger partial charge in [-0.25, -0.2) is 11.3 Å². The summed E-state index contributed by atoms with van der Waals surface area (Å²) in [5, 5.41) is 2.76. The van der Waals surface area contributed by atoms with Gasteiger partial charge in [0.1, 0.15) is 30.0 Å². The number of fused-ring (bicyclic) bond motifs is 4. The summed E-state index contributed by atoms with van der Waals surface area (Å²) in [7, 11) is 1.68. The summed E-state index contributed by atoms with van der Waals surface area (Å²) in [5.41, 5.74) is -0.0947. The molecule has 4 heterocycles. The third-order valence-electron chi connectivity index (χ3n) is 9.56. The van der Waals surface area contributed by atoms with Gasteiger partial charge in [0.05, 0.1) is 6.10 Å². The summed E-state index contributed by atoms with van der Waals surface area (Å²) in [6, 6.07) is 0. The van der Waals surface area contributed by atoms with Crippen molar-refractivity contribution in [2.75, 3.05) is 13.7 Å². The van der Waals surface area contributed by atoms with Crippen LogP contribution in [-0.2, 0) is 66.0 Å². The number of hydrogen-bond donors (Lipinski definition) is 1. The minimum absolute atomic E-state index is 0. The molecular weight excluding hydrogens is 491 g/mol. The summed E-state index contributed by atoms with van der Waals surface area (Å²) in [6.45, 7) is 8.20. The molecule has 2 saturated carbocycles. The molecule has 3 aliphatic carbocycles. The number of epoxide rings is 3. The van der Waals surface area contributed by atoms with Crippen LogP contribution in [0.4, 0.5) is 0 Å². The van der Waals surface area contributed by atoms with E-state index in [-0.39, 0.29) is 74.2 Å². The second kappa shape index (κ2) is 6.38. The number of likely N-dealkylation sites (N-methyl/N-ethyl adjacent to an activating group) is 1. The normalized spacial score (nSPS) is 52.8. The Morgan fingerprint density at radius 1 is 1.25 bits per heavy atom. The van der Waals surface area contributed by atoms with Gasteiger partial charge in [0, 0.05) is 43.7 Å². The number of rotatable bonds is 4. The first-order valence-electron chi connectivity index (χ1n) is 11.4. The molecule has 7 aliphatic rings. The van der Waals surface area contributed by atoms with Gasteiger partial charge in [-0.3, -0.25) is 4.79 Å². The van der Waals surface area contributed by atoms with Crippen molar-refractivity contribution in [2.24, 2.45) is 17.3 Å². The summed E-state index contributed by atoms with van der Waals surface area (Å²) in [6.07, 6.45) is 1.50. The molecule has 1 radical (unpaired) electrons. The number of nitrogens with one attached hydrogen (secondary N) is 1. The van der Waals surface area contributed by atoms with Gasteiger partial charge in [-0.2, -0.15) is 0 Å². The van der Waals surface area contributed by atoms with Crippen LogP contribution in [0.1, 0.15) is 40.0 Å². The van der Waals surface area contributed by atoms with E-state index in [9.17, 15) is 9.59 Å². The van der Waals surface area contributed by atoms with E-state index in [1.165, 1.54) is 6.54 Å². The van der Waals surface area contributed by atoms with E-state index in [2.05, 4.69) is 26.1 Å². The van der Waals surface area contributed by atoms with Crippen molar-refractivity contribution < 1.29 is 66.0 Å². The van der Waals surface area contributed by atoms with E-state index in [1.807, 2.05) is 0 Å². The van der Waals surface area contributed by atoms with Gasteiger partial charge in [-0.05, 0) is 43.7 Å². The molecule has 0 bridgehead atoms. The third-order valence-corrected chi connectivity index (χ3v) is 9.56. The van der Waals surface area contributed by atoms with Crippen molar-refractivity contribution in [1.82, 2.24) is 5.32 Å². The summed E-state index contributed by atoms with van der Waals surface area (Å²) in [4.78, 5) is 24.8. The molecule has 0 aromatic heterocycles. The Kier molecular flexibility index (Phi) is 4.38. The predicted molar refractivity (Wildman–Crippen MR) is 104 cm³/mol. The topological polar surface area (TPSA) is 102 Å². The maximum atomic E-state index is 12.6. The average molecular weight is 519 g/mol. The first-order chi connectivity index (χ1) is 14.8. The smallest absolute Gasteiger partial charge is 0.334 e. The van der Waals surface area contributed by atoms with Crippen LogP contribution in [0, 0.1) is 23.8 Å². The van der Waals surface area contributed by atoms with Crippen molar-refractivity contribution in [1.29, 1.82) is 0 Å². The maximum absolute atomic E-state index is 12.6. The van der Waals surface area contributed by atoms with Crippen molar-refractivity contribution in [3.8, 4) is 0 Å². The molecule has 2 spiro atoms. The fourth-order valence-corrected chi connectivity index (χ4v) is 8.11. The summed E-state index contributed by atoms with van der Waals surface area (Å²) < 4.78 is 31.1. The zero-order chi connectivity index (χ0) is 21.6. The van der Waals surface area contributed by atoms with Crippen LogP contribution in [0.2, 0.25) is 0 Å². The first-order valence-corrected chi connectivity index (χ1v) is 11.4. The Morgan fingerprint density at radius 3 is 2.75 bits per heavy atom. The van der Waals surface area contributed by atoms with Gasteiger partial charge < -0.3 is 29.0 Å². The van der Waals surface area contributed by atoms with Gasteiger partial charge in [0.25, 0.3) is 0 Å². The quantitative estimate of drug-likeness (QED) is 0.334. The molecule has 8 nitrogen and oxygen atoms in total. The van der Waals surface area contributed by atoms with E-state index in [0.717, 1.165) is 24.0 Å². The second-order valence-corrected chi connectivity index (χ2v) is 10.8. The van der Waals surface area contributed by atoms with E-state index < -0.39 is 28.9 Å². The van der Waals surface area contributed by atoms with Crippen LogP contribution in [-0.4, -0.2) is 66.8 Å². The van der Waals surface area contributed by atoms with Gasteiger partial charge in [0.2, 0.25) is 0 Å². The third kappa shape index (κ3) is 2.11. The molecule has 0 aromatic rings. The monoisotopic (exact) mass is 519 g/mol. The molecular formula is C23H28NO7Y-. The van der Waals surface area contributed by atoms with Gasteiger partial charge in [0.15, 0.2) is 17.7 Å². The van der Waals surface area contributed by atoms with Crippen LogP contribution in [0.5, 0.6) is 0 Å². The van der Waals surface area contributed by atoms with Crippen LogP contribution in [0.3, 0.4) is 0 Å². The number of hydrogen-bond acceptors (Lipinski definition) is 8. The molecule has 9 heteroatoms. The Labute approximate surface area is 212 Å². The minimum atomic E-state index is -0.695. The number of esters is 2. The summed E-state index contributed by atoms with van der Waals surface area (Å²) in [5.74, 6) is -0.272. The Hall–Kier alpha value is -0.506. The molecule has 0 amide bonds. The zero-order valence-corrected chi connectivity index (χ0v) is 21.6. The molecule has 171 valence electrons. The zero-order valence-electron chi connectivity index (χ0n) is 18.8. The number of carbonyl (C=O) groups is 2. The molecule has 5 fully saturated rings. The van der Waals surface area contributed by atoms with E-state index in [1.54, 1.807) is 7.05 Å². The van der Waals surface area contributed by atoms with Crippen molar-refractivity contribution >= 4 is 11.9 Å². The van der Waals surface area contributed by atoms with Gasteiger partial charge in [-0.15, -0.1) is 0 Å². The molecule has 3 saturated heterocycles.